The summed E-state index contributed by atoms with van der Waals surface area (Å²) >= 11 is 0. The van der Waals surface area contributed by atoms with E-state index >= 15 is 0 Å². The molecule has 7 heteroatoms. The first-order chi connectivity index (χ1) is 17.1. The van der Waals surface area contributed by atoms with Crippen molar-refractivity contribution < 1.29 is 33.3 Å². The third-order valence-corrected chi connectivity index (χ3v) is 8.03. The number of ether oxygens (including phenoxy) is 5. The van der Waals surface area contributed by atoms with E-state index in [0.717, 1.165) is 12.8 Å². The Labute approximate surface area is 223 Å². The van der Waals surface area contributed by atoms with E-state index in [9.17, 15) is 9.59 Å². The number of hydrogen-bond donors (Lipinski definition) is 0. The standard InChI is InChI=1S/C30H48O7/c1-12-16-34-25-23(24(31)20(3)4)28(7,8)21(14-15-27(5,6)35-19-33-11)17-30(25,13-2)18-22-29(9,10)37-26(32)36-22/h12-13,20-22H,1-2,14-19H2,3-11H3/t21-,22-,30-/m0/s1. The molecular formula is C30H48O7. The Morgan fingerprint density at radius 1 is 1.22 bits per heavy atom. The van der Waals surface area contributed by atoms with Crippen molar-refractivity contribution in [3.8, 4) is 0 Å². The van der Waals surface area contributed by atoms with E-state index in [1.165, 1.54) is 0 Å². The van der Waals surface area contributed by atoms with Gasteiger partial charge in [0, 0.05) is 30.4 Å². The second-order valence-electron chi connectivity index (χ2n) is 12.4. The van der Waals surface area contributed by atoms with Gasteiger partial charge >= 0.3 is 6.16 Å². The van der Waals surface area contributed by atoms with Crippen molar-refractivity contribution in [1.29, 1.82) is 0 Å². The van der Waals surface area contributed by atoms with Gasteiger partial charge in [-0.15, -0.1) is 6.58 Å². The average molecular weight is 521 g/mol. The van der Waals surface area contributed by atoms with Crippen molar-refractivity contribution in [2.75, 3.05) is 20.5 Å². The van der Waals surface area contributed by atoms with Gasteiger partial charge in [0.1, 0.15) is 30.9 Å². The average Bonchev–Trinajstić information content (AvgIpc) is 3.06. The lowest BCUT2D eigenvalue weighted by Crippen LogP contribution is -2.47. The lowest BCUT2D eigenvalue weighted by molar-refractivity contribution is -0.123. The first-order valence-corrected chi connectivity index (χ1v) is 13.3. The smallest absolute Gasteiger partial charge is 0.493 e. The topological polar surface area (TPSA) is 80.3 Å². The SMILES string of the molecule is C=CCOC1=C(C(=O)C(C)C)C(C)(C)[C@@H](CCC(C)(C)OCOC)C[C@@]1(C=C)C[C@@H]1OC(=O)OC1(C)C. The second-order valence-corrected chi connectivity index (χ2v) is 12.4. The summed E-state index contributed by atoms with van der Waals surface area (Å²) < 4.78 is 28.5. The van der Waals surface area contributed by atoms with Crippen molar-refractivity contribution in [3.63, 3.8) is 0 Å². The molecular weight excluding hydrogens is 472 g/mol. The molecule has 0 unspecified atom stereocenters. The van der Waals surface area contributed by atoms with Gasteiger partial charge in [-0.3, -0.25) is 4.79 Å². The largest absolute Gasteiger partial charge is 0.509 e. The van der Waals surface area contributed by atoms with Gasteiger partial charge in [-0.25, -0.2) is 4.79 Å². The summed E-state index contributed by atoms with van der Waals surface area (Å²) in [5.41, 5.74) is -1.75. The molecule has 0 radical (unpaired) electrons. The summed E-state index contributed by atoms with van der Waals surface area (Å²) in [6.07, 6.45) is 4.99. The molecule has 37 heavy (non-hydrogen) atoms. The maximum absolute atomic E-state index is 13.8. The first kappa shape index (κ1) is 31.1. The molecule has 0 aromatic rings. The monoisotopic (exact) mass is 520 g/mol. The molecule has 2 rings (SSSR count). The first-order valence-electron chi connectivity index (χ1n) is 13.3. The fraction of sp³-hybridized carbons (Fsp3) is 0.733. The Hall–Kier alpha value is -2.12. The molecule has 1 fully saturated rings. The summed E-state index contributed by atoms with van der Waals surface area (Å²) in [7, 11) is 1.61. The maximum Gasteiger partial charge on any atom is 0.509 e. The minimum Gasteiger partial charge on any atom is -0.493 e. The third kappa shape index (κ3) is 6.85. The van der Waals surface area contributed by atoms with Crippen LogP contribution in [0.5, 0.6) is 0 Å². The fourth-order valence-corrected chi connectivity index (χ4v) is 5.50. The molecule has 0 saturated carbocycles. The highest BCUT2D eigenvalue weighted by Gasteiger charge is 2.56. The van der Waals surface area contributed by atoms with Crippen molar-refractivity contribution in [2.45, 2.75) is 98.4 Å². The molecule has 1 aliphatic carbocycles. The summed E-state index contributed by atoms with van der Waals surface area (Å²) in [6, 6.07) is 0. The van der Waals surface area contributed by atoms with Gasteiger partial charge in [0.25, 0.3) is 0 Å². The Balaban J connectivity index is 2.66. The van der Waals surface area contributed by atoms with Gasteiger partial charge < -0.3 is 23.7 Å². The van der Waals surface area contributed by atoms with Crippen LogP contribution in [-0.4, -0.2) is 49.8 Å². The zero-order chi connectivity index (χ0) is 28.2. The normalized spacial score (nSPS) is 27.0. The Morgan fingerprint density at radius 2 is 1.86 bits per heavy atom. The zero-order valence-corrected chi connectivity index (χ0v) is 24.4. The van der Waals surface area contributed by atoms with Crippen LogP contribution in [0.4, 0.5) is 4.79 Å². The molecule has 210 valence electrons. The number of rotatable bonds is 14. The number of methoxy groups -OCH3 is 1. The molecule has 0 bridgehead atoms. The van der Waals surface area contributed by atoms with Crippen molar-refractivity contribution in [3.05, 3.63) is 36.6 Å². The molecule has 1 saturated heterocycles. The van der Waals surface area contributed by atoms with Crippen LogP contribution in [0.25, 0.3) is 0 Å². The van der Waals surface area contributed by atoms with Crippen LogP contribution >= 0.6 is 0 Å². The third-order valence-electron chi connectivity index (χ3n) is 8.03. The minimum atomic E-state index is -0.822. The van der Waals surface area contributed by atoms with E-state index in [4.69, 9.17) is 23.7 Å². The predicted molar refractivity (Wildman–Crippen MR) is 144 cm³/mol. The van der Waals surface area contributed by atoms with Crippen molar-refractivity contribution >= 4 is 11.9 Å². The van der Waals surface area contributed by atoms with E-state index in [1.807, 2.05) is 33.8 Å². The Kier molecular flexibility index (Phi) is 9.86. The summed E-state index contributed by atoms with van der Waals surface area (Å²) in [5.74, 6) is 0.541. The highest BCUT2D eigenvalue weighted by atomic mass is 16.8. The minimum absolute atomic E-state index is 0.0498. The number of allylic oxidation sites excluding steroid dienone is 2. The fourth-order valence-electron chi connectivity index (χ4n) is 5.50. The van der Waals surface area contributed by atoms with E-state index < -0.39 is 34.3 Å². The second kappa shape index (κ2) is 11.7. The van der Waals surface area contributed by atoms with Crippen LogP contribution in [0.1, 0.15) is 81.1 Å². The van der Waals surface area contributed by atoms with Gasteiger partial charge in [0.2, 0.25) is 0 Å². The molecule has 0 spiro atoms. The predicted octanol–water partition coefficient (Wildman–Crippen LogP) is 6.77. The van der Waals surface area contributed by atoms with E-state index in [0.29, 0.717) is 24.2 Å². The molecule has 0 amide bonds. The van der Waals surface area contributed by atoms with E-state index in [-0.39, 0.29) is 31.0 Å². The van der Waals surface area contributed by atoms with Gasteiger partial charge in [-0.05, 0) is 58.3 Å². The van der Waals surface area contributed by atoms with Crippen LogP contribution in [0.15, 0.2) is 36.6 Å². The molecule has 1 heterocycles. The molecule has 7 nitrogen and oxygen atoms in total. The lowest BCUT2D eigenvalue weighted by atomic mass is 9.55. The molecule has 0 aromatic heterocycles. The lowest BCUT2D eigenvalue weighted by Gasteiger charge is -2.51. The summed E-state index contributed by atoms with van der Waals surface area (Å²) in [5, 5.41) is 0. The number of hydrogen-bond acceptors (Lipinski definition) is 7. The number of carbonyl (C=O) groups excluding carboxylic acids is 2. The van der Waals surface area contributed by atoms with Gasteiger partial charge in [0.05, 0.1) is 5.60 Å². The maximum atomic E-state index is 13.8. The van der Waals surface area contributed by atoms with E-state index in [2.05, 4.69) is 40.9 Å². The van der Waals surface area contributed by atoms with Crippen molar-refractivity contribution in [2.24, 2.45) is 22.7 Å². The molecule has 3 atom stereocenters. The van der Waals surface area contributed by atoms with Crippen molar-refractivity contribution in [1.82, 2.24) is 0 Å². The highest BCUT2D eigenvalue weighted by Crippen LogP contribution is 2.58. The molecule has 0 N–H and O–H groups in total. The number of cyclic esters (lactones) is 2. The highest BCUT2D eigenvalue weighted by molar-refractivity contribution is 5.99. The van der Waals surface area contributed by atoms with Gasteiger partial charge in [-0.2, -0.15) is 0 Å². The molecule has 0 aromatic carbocycles. The van der Waals surface area contributed by atoms with Gasteiger partial charge in [-0.1, -0.05) is 46.4 Å². The van der Waals surface area contributed by atoms with Crippen LogP contribution < -0.4 is 0 Å². The number of Topliss-reactive ketones (excluding diaryl/α,β-unsaturated/α-hetero) is 1. The Bertz CT molecular complexity index is 896. The summed E-state index contributed by atoms with van der Waals surface area (Å²) in [6.45, 7) is 24.4. The summed E-state index contributed by atoms with van der Waals surface area (Å²) in [4.78, 5) is 25.9. The number of ketones is 1. The van der Waals surface area contributed by atoms with Crippen LogP contribution in [0.3, 0.4) is 0 Å². The molecule has 1 aliphatic heterocycles. The number of carbonyl (C=O) groups is 2. The van der Waals surface area contributed by atoms with Crippen LogP contribution in [0, 0.1) is 22.7 Å². The quantitative estimate of drug-likeness (QED) is 0.142. The van der Waals surface area contributed by atoms with Crippen LogP contribution in [-0.2, 0) is 28.5 Å². The Morgan fingerprint density at radius 3 is 2.35 bits per heavy atom. The van der Waals surface area contributed by atoms with Crippen LogP contribution in [0.2, 0.25) is 0 Å². The zero-order valence-electron chi connectivity index (χ0n) is 24.4. The molecule has 2 aliphatic rings. The van der Waals surface area contributed by atoms with E-state index in [1.54, 1.807) is 13.2 Å². The van der Waals surface area contributed by atoms with Gasteiger partial charge in [0.15, 0.2) is 5.78 Å².